The maximum Gasteiger partial charge on any atom is 0.254 e. The molecular formula is C19H17BrN8. The molecule has 0 bridgehead atoms. The van der Waals surface area contributed by atoms with E-state index in [0.29, 0.717) is 28.6 Å². The van der Waals surface area contributed by atoms with Crippen molar-refractivity contribution in [2.75, 3.05) is 17.6 Å². The van der Waals surface area contributed by atoms with Crippen molar-refractivity contribution in [3.63, 3.8) is 0 Å². The molecule has 9 heteroatoms. The molecule has 0 saturated heterocycles. The summed E-state index contributed by atoms with van der Waals surface area (Å²) in [5.41, 5.74) is 9.63. The van der Waals surface area contributed by atoms with Crippen LogP contribution in [0.3, 0.4) is 0 Å². The molecular weight excluding hydrogens is 420 g/mol. The number of pyridine rings is 2. The molecule has 140 valence electrons. The highest BCUT2D eigenvalue weighted by Gasteiger charge is 2.17. The number of nitrogens with zero attached hydrogens (tertiary/aromatic N) is 6. The number of hydrogen-bond donors (Lipinski definition) is 2. The van der Waals surface area contributed by atoms with E-state index in [9.17, 15) is 0 Å². The minimum atomic E-state index is 0.338. The Balaban J connectivity index is 1.89. The van der Waals surface area contributed by atoms with Crippen LogP contribution in [0.4, 0.5) is 11.6 Å². The summed E-state index contributed by atoms with van der Waals surface area (Å²) in [6.45, 7) is 2.69. The topological polar surface area (TPSA) is 107 Å². The number of hydrogen-bond acceptors (Lipinski definition) is 7. The molecule has 0 aromatic carbocycles. The van der Waals surface area contributed by atoms with Gasteiger partial charge in [-0.05, 0) is 52.7 Å². The summed E-state index contributed by atoms with van der Waals surface area (Å²) < 4.78 is 2.26. The maximum atomic E-state index is 6.06. The van der Waals surface area contributed by atoms with Gasteiger partial charge >= 0.3 is 0 Å². The highest BCUT2D eigenvalue weighted by Crippen LogP contribution is 2.32. The largest absolute Gasteiger partial charge is 0.383 e. The Labute approximate surface area is 170 Å². The van der Waals surface area contributed by atoms with Gasteiger partial charge in [0.05, 0.1) is 0 Å². The fourth-order valence-electron chi connectivity index (χ4n) is 2.77. The number of nitrogen functional groups attached to an aromatic ring is 1. The molecule has 4 aromatic rings. The minimum absolute atomic E-state index is 0.338. The summed E-state index contributed by atoms with van der Waals surface area (Å²) in [7, 11) is 0. The van der Waals surface area contributed by atoms with Crippen LogP contribution in [-0.2, 0) is 0 Å². The first-order chi connectivity index (χ1) is 13.7. The van der Waals surface area contributed by atoms with Gasteiger partial charge in [0, 0.05) is 48.7 Å². The van der Waals surface area contributed by atoms with Gasteiger partial charge in [-0.3, -0.25) is 9.97 Å². The van der Waals surface area contributed by atoms with Gasteiger partial charge in [-0.1, -0.05) is 0 Å². The van der Waals surface area contributed by atoms with Crippen LogP contribution in [0, 0.1) is 0 Å². The van der Waals surface area contributed by atoms with Crippen LogP contribution in [0.15, 0.2) is 59.7 Å². The second kappa shape index (κ2) is 7.73. The molecule has 0 aliphatic heterocycles. The first-order valence-electron chi connectivity index (χ1n) is 8.65. The van der Waals surface area contributed by atoms with Gasteiger partial charge in [0.2, 0.25) is 0 Å². The van der Waals surface area contributed by atoms with Crippen molar-refractivity contribution in [2.24, 2.45) is 0 Å². The van der Waals surface area contributed by atoms with Crippen molar-refractivity contribution < 1.29 is 0 Å². The lowest BCUT2D eigenvalue weighted by Gasteiger charge is -2.09. The van der Waals surface area contributed by atoms with Gasteiger partial charge in [0.15, 0.2) is 0 Å². The van der Waals surface area contributed by atoms with Crippen molar-refractivity contribution in [3.05, 3.63) is 59.7 Å². The van der Waals surface area contributed by atoms with Crippen LogP contribution in [0.2, 0.25) is 0 Å². The van der Waals surface area contributed by atoms with Gasteiger partial charge in [0.1, 0.15) is 21.8 Å². The molecule has 0 aliphatic carbocycles. The normalized spacial score (nSPS) is 10.8. The molecule has 3 N–H and O–H groups in total. The van der Waals surface area contributed by atoms with Crippen LogP contribution in [0.1, 0.15) is 6.92 Å². The van der Waals surface area contributed by atoms with Crippen molar-refractivity contribution in [3.8, 4) is 28.3 Å². The standard InChI is InChI=1S/C19H17BrN8/c1-2-24-18-15(20)17(21)25-19(26-18)28-11-14(12-5-8-22-9-6-12)16(27-28)13-4-3-7-23-10-13/h3-11H,2H2,1H3,(H3,21,24,25,26). The van der Waals surface area contributed by atoms with E-state index in [1.807, 2.05) is 37.4 Å². The first-order valence-corrected chi connectivity index (χ1v) is 9.44. The van der Waals surface area contributed by atoms with E-state index in [2.05, 4.69) is 41.2 Å². The van der Waals surface area contributed by atoms with E-state index >= 15 is 0 Å². The molecule has 0 unspecified atom stereocenters. The first kappa shape index (κ1) is 18.1. The fraction of sp³-hybridized carbons (Fsp3) is 0.105. The van der Waals surface area contributed by atoms with E-state index < -0.39 is 0 Å². The van der Waals surface area contributed by atoms with E-state index in [0.717, 1.165) is 22.4 Å². The number of nitrogens with two attached hydrogens (primary N) is 1. The molecule has 8 nitrogen and oxygen atoms in total. The Morgan fingerprint density at radius 1 is 1.07 bits per heavy atom. The second-order valence-corrected chi connectivity index (χ2v) is 6.71. The second-order valence-electron chi connectivity index (χ2n) is 5.92. The average Bonchev–Trinajstić information content (AvgIpc) is 3.18. The molecule has 0 atom stereocenters. The minimum Gasteiger partial charge on any atom is -0.383 e. The third-order valence-corrected chi connectivity index (χ3v) is 4.84. The molecule has 4 rings (SSSR count). The summed E-state index contributed by atoms with van der Waals surface area (Å²) in [5.74, 6) is 1.33. The van der Waals surface area contributed by atoms with Crippen molar-refractivity contribution in [2.45, 2.75) is 6.92 Å². The van der Waals surface area contributed by atoms with Crippen LogP contribution < -0.4 is 11.1 Å². The highest BCUT2D eigenvalue weighted by atomic mass is 79.9. The van der Waals surface area contributed by atoms with Crippen molar-refractivity contribution in [1.29, 1.82) is 0 Å². The summed E-state index contributed by atoms with van der Waals surface area (Å²) >= 11 is 3.42. The molecule has 0 aliphatic rings. The average molecular weight is 437 g/mol. The number of nitrogens with one attached hydrogen (secondary N) is 1. The van der Waals surface area contributed by atoms with Crippen LogP contribution in [0.25, 0.3) is 28.3 Å². The monoisotopic (exact) mass is 436 g/mol. The van der Waals surface area contributed by atoms with Gasteiger partial charge in [-0.2, -0.15) is 15.1 Å². The molecule has 4 aromatic heterocycles. The Kier molecular flexibility index (Phi) is 4.98. The summed E-state index contributed by atoms with van der Waals surface area (Å²) in [5, 5.41) is 7.91. The lowest BCUT2D eigenvalue weighted by atomic mass is 10.0. The number of anilines is 2. The van der Waals surface area contributed by atoms with Crippen molar-refractivity contribution >= 4 is 27.6 Å². The predicted octanol–water partition coefficient (Wildman–Crippen LogP) is 3.56. The summed E-state index contributed by atoms with van der Waals surface area (Å²) in [4.78, 5) is 17.2. The SMILES string of the molecule is CCNc1nc(-n2cc(-c3ccncc3)c(-c3cccnc3)n2)nc(N)c1Br. The molecule has 0 fully saturated rings. The van der Waals surface area contributed by atoms with Crippen LogP contribution >= 0.6 is 15.9 Å². The van der Waals surface area contributed by atoms with E-state index in [1.54, 1.807) is 29.5 Å². The van der Waals surface area contributed by atoms with Crippen LogP contribution in [0.5, 0.6) is 0 Å². The zero-order chi connectivity index (χ0) is 19.5. The summed E-state index contributed by atoms with van der Waals surface area (Å²) in [6, 6.07) is 7.71. The molecule has 4 heterocycles. The third kappa shape index (κ3) is 3.44. The summed E-state index contributed by atoms with van der Waals surface area (Å²) in [6.07, 6.45) is 8.89. The molecule has 0 spiro atoms. The fourth-order valence-corrected chi connectivity index (χ4v) is 3.09. The third-order valence-electron chi connectivity index (χ3n) is 4.05. The lowest BCUT2D eigenvalue weighted by Crippen LogP contribution is -2.10. The number of aromatic nitrogens is 6. The van der Waals surface area contributed by atoms with E-state index in [4.69, 9.17) is 10.8 Å². The van der Waals surface area contributed by atoms with Gasteiger partial charge in [0.25, 0.3) is 5.95 Å². The molecule has 0 amide bonds. The Hall–Kier alpha value is -3.33. The quantitative estimate of drug-likeness (QED) is 0.492. The number of halogens is 1. The van der Waals surface area contributed by atoms with Crippen LogP contribution in [-0.4, -0.2) is 36.3 Å². The predicted molar refractivity (Wildman–Crippen MR) is 112 cm³/mol. The maximum absolute atomic E-state index is 6.06. The van der Waals surface area contributed by atoms with Gasteiger partial charge in [-0.15, -0.1) is 0 Å². The van der Waals surface area contributed by atoms with Gasteiger partial charge in [-0.25, -0.2) is 4.68 Å². The molecule has 0 saturated carbocycles. The zero-order valence-corrected chi connectivity index (χ0v) is 16.6. The van der Waals surface area contributed by atoms with Crippen molar-refractivity contribution in [1.82, 2.24) is 29.7 Å². The Morgan fingerprint density at radius 3 is 2.61 bits per heavy atom. The highest BCUT2D eigenvalue weighted by molar-refractivity contribution is 9.10. The lowest BCUT2D eigenvalue weighted by molar-refractivity contribution is 0.812. The van der Waals surface area contributed by atoms with E-state index in [1.165, 1.54) is 0 Å². The number of rotatable bonds is 5. The molecule has 28 heavy (non-hydrogen) atoms. The zero-order valence-electron chi connectivity index (χ0n) is 15.0. The van der Waals surface area contributed by atoms with E-state index in [-0.39, 0.29) is 0 Å². The Morgan fingerprint density at radius 2 is 1.89 bits per heavy atom. The molecule has 0 radical (unpaired) electrons. The smallest absolute Gasteiger partial charge is 0.254 e. The van der Waals surface area contributed by atoms with Gasteiger partial charge < -0.3 is 11.1 Å². The Bertz CT molecular complexity index is 1040.